The monoisotopic (exact) mass is 419 g/mol. The molecule has 1 atom stereocenters. The first-order chi connectivity index (χ1) is 15.0. The van der Waals surface area contributed by atoms with Gasteiger partial charge in [0.15, 0.2) is 0 Å². The Balaban J connectivity index is 1.36. The number of aliphatic carboxylic acids is 1. The molecule has 0 bridgehead atoms. The molecule has 0 saturated carbocycles. The van der Waals surface area contributed by atoms with Crippen molar-refractivity contribution in [3.8, 4) is 11.1 Å². The van der Waals surface area contributed by atoms with Crippen LogP contribution < -0.4 is 5.32 Å². The summed E-state index contributed by atoms with van der Waals surface area (Å²) >= 11 is 0. The van der Waals surface area contributed by atoms with Crippen LogP contribution in [0.2, 0.25) is 0 Å². The lowest BCUT2D eigenvalue weighted by molar-refractivity contribution is -0.141. The highest BCUT2D eigenvalue weighted by atomic mass is 19.1. The minimum atomic E-state index is -1.04. The van der Waals surface area contributed by atoms with Crippen LogP contribution in [-0.2, 0) is 16.0 Å². The van der Waals surface area contributed by atoms with Gasteiger partial charge in [-0.05, 0) is 46.4 Å². The number of nitrogens with one attached hydrogen (secondary N) is 1. The van der Waals surface area contributed by atoms with Crippen LogP contribution in [0.4, 0.5) is 9.18 Å². The van der Waals surface area contributed by atoms with Gasteiger partial charge in [-0.25, -0.2) is 9.18 Å². The summed E-state index contributed by atoms with van der Waals surface area (Å²) < 4.78 is 18.5. The number of hydrogen-bond donors (Lipinski definition) is 2. The number of carboxylic acid groups (broad SMARTS) is 1. The van der Waals surface area contributed by atoms with Crippen LogP contribution in [0.25, 0.3) is 11.1 Å². The number of hydrogen-bond acceptors (Lipinski definition) is 3. The van der Waals surface area contributed by atoms with Gasteiger partial charge in [0, 0.05) is 12.5 Å². The Morgan fingerprint density at radius 2 is 1.52 bits per heavy atom. The van der Waals surface area contributed by atoms with Crippen LogP contribution in [0, 0.1) is 11.7 Å². The van der Waals surface area contributed by atoms with Crippen molar-refractivity contribution in [1.29, 1.82) is 0 Å². The molecule has 2 N–H and O–H groups in total. The highest BCUT2D eigenvalue weighted by molar-refractivity contribution is 5.79. The second kappa shape index (κ2) is 9.00. The Morgan fingerprint density at radius 3 is 2.10 bits per heavy atom. The standard InChI is InChI=1S/C25H22FNO4/c26-18-11-9-16(10-12-18)13-17(24(28)29)14-27-25(30)31-15-23-21-7-3-1-5-19(21)20-6-2-4-8-22(20)23/h1-12,17,23H,13-15H2,(H,27,30)(H,28,29)/t17-/m0/s1. The molecule has 0 radical (unpaired) electrons. The number of amides is 1. The SMILES string of the molecule is O=C(NC[C@H](Cc1ccc(F)cc1)C(=O)O)OCC1c2ccccc2-c2ccccc21. The van der Waals surface area contributed by atoms with Crippen molar-refractivity contribution in [2.45, 2.75) is 12.3 Å². The molecule has 3 aromatic rings. The Labute approximate surface area is 179 Å². The molecule has 0 heterocycles. The molecule has 0 spiro atoms. The molecular formula is C25H22FNO4. The summed E-state index contributed by atoms with van der Waals surface area (Å²) in [5, 5.41) is 12.0. The van der Waals surface area contributed by atoms with Gasteiger partial charge in [0.2, 0.25) is 0 Å². The zero-order valence-electron chi connectivity index (χ0n) is 16.8. The van der Waals surface area contributed by atoms with Crippen LogP contribution >= 0.6 is 0 Å². The molecule has 0 fully saturated rings. The van der Waals surface area contributed by atoms with Gasteiger partial charge in [-0.2, -0.15) is 0 Å². The number of halogens is 1. The number of alkyl carbamates (subject to hydrolysis) is 1. The minimum Gasteiger partial charge on any atom is -0.481 e. The largest absolute Gasteiger partial charge is 0.481 e. The summed E-state index contributed by atoms with van der Waals surface area (Å²) in [5.41, 5.74) is 5.17. The lowest BCUT2D eigenvalue weighted by atomic mass is 9.98. The third-order valence-electron chi connectivity index (χ3n) is 5.58. The molecule has 1 amide bonds. The first-order valence-electron chi connectivity index (χ1n) is 10.1. The molecule has 158 valence electrons. The van der Waals surface area contributed by atoms with Crippen molar-refractivity contribution in [2.24, 2.45) is 5.92 Å². The van der Waals surface area contributed by atoms with Gasteiger partial charge in [0.05, 0.1) is 5.92 Å². The zero-order chi connectivity index (χ0) is 21.8. The Hall–Kier alpha value is -3.67. The van der Waals surface area contributed by atoms with Crippen molar-refractivity contribution in [3.05, 3.63) is 95.3 Å². The topological polar surface area (TPSA) is 75.6 Å². The molecule has 1 aliphatic carbocycles. The number of carboxylic acids is 1. The molecule has 1 aliphatic rings. The van der Waals surface area contributed by atoms with E-state index in [0.29, 0.717) is 5.56 Å². The summed E-state index contributed by atoms with van der Waals surface area (Å²) in [7, 11) is 0. The van der Waals surface area contributed by atoms with Crippen LogP contribution in [0.1, 0.15) is 22.6 Å². The maximum absolute atomic E-state index is 13.0. The number of ether oxygens (including phenoxy) is 1. The van der Waals surface area contributed by atoms with Crippen molar-refractivity contribution in [1.82, 2.24) is 5.32 Å². The van der Waals surface area contributed by atoms with E-state index in [2.05, 4.69) is 17.4 Å². The van der Waals surface area contributed by atoms with E-state index in [1.165, 1.54) is 12.1 Å². The fourth-order valence-electron chi connectivity index (χ4n) is 4.01. The minimum absolute atomic E-state index is 0.0624. The first kappa shape index (κ1) is 20.6. The van der Waals surface area contributed by atoms with E-state index >= 15 is 0 Å². The number of benzene rings is 3. The molecule has 0 saturated heterocycles. The molecule has 0 aromatic heterocycles. The number of fused-ring (bicyclic) bond motifs is 3. The summed E-state index contributed by atoms with van der Waals surface area (Å²) in [4.78, 5) is 23.8. The van der Waals surface area contributed by atoms with Gasteiger partial charge in [0.1, 0.15) is 12.4 Å². The second-order valence-corrected chi connectivity index (χ2v) is 7.57. The van der Waals surface area contributed by atoms with E-state index < -0.39 is 18.0 Å². The number of carbonyl (C=O) groups is 2. The lowest BCUT2D eigenvalue weighted by Gasteiger charge is -2.16. The first-order valence-corrected chi connectivity index (χ1v) is 10.1. The maximum Gasteiger partial charge on any atom is 0.407 e. The highest BCUT2D eigenvalue weighted by Crippen LogP contribution is 2.44. The summed E-state index contributed by atoms with van der Waals surface area (Å²) in [6, 6.07) is 21.7. The molecule has 31 heavy (non-hydrogen) atoms. The molecule has 0 unspecified atom stereocenters. The quantitative estimate of drug-likeness (QED) is 0.587. The van der Waals surface area contributed by atoms with Gasteiger partial charge in [0.25, 0.3) is 0 Å². The van der Waals surface area contributed by atoms with Crippen molar-refractivity contribution >= 4 is 12.1 Å². The van der Waals surface area contributed by atoms with Crippen molar-refractivity contribution in [2.75, 3.05) is 13.2 Å². The smallest absolute Gasteiger partial charge is 0.407 e. The van der Waals surface area contributed by atoms with Crippen molar-refractivity contribution < 1.29 is 23.8 Å². The van der Waals surface area contributed by atoms with Gasteiger partial charge >= 0.3 is 12.1 Å². The van der Waals surface area contributed by atoms with E-state index in [1.54, 1.807) is 12.1 Å². The number of rotatable bonds is 7. The van der Waals surface area contributed by atoms with E-state index in [9.17, 15) is 19.1 Å². The average molecular weight is 419 g/mol. The Kier molecular flexibility index (Phi) is 5.98. The summed E-state index contributed by atoms with van der Waals surface area (Å²) in [6.45, 7) is 0.0823. The zero-order valence-corrected chi connectivity index (χ0v) is 16.8. The summed E-state index contributed by atoms with van der Waals surface area (Å²) in [6.07, 6.45) is -0.480. The van der Waals surface area contributed by atoms with Gasteiger partial charge in [-0.3, -0.25) is 4.79 Å². The normalized spacial score (nSPS) is 13.2. The van der Waals surface area contributed by atoms with Crippen molar-refractivity contribution in [3.63, 3.8) is 0 Å². The third kappa shape index (κ3) is 4.58. The third-order valence-corrected chi connectivity index (χ3v) is 5.58. The van der Waals surface area contributed by atoms with E-state index in [1.807, 2.05) is 36.4 Å². The van der Waals surface area contributed by atoms with E-state index in [-0.39, 0.29) is 31.3 Å². The van der Waals surface area contributed by atoms with Gasteiger partial charge < -0.3 is 15.2 Å². The Morgan fingerprint density at radius 1 is 0.935 bits per heavy atom. The highest BCUT2D eigenvalue weighted by Gasteiger charge is 2.29. The fourth-order valence-corrected chi connectivity index (χ4v) is 4.01. The summed E-state index contributed by atoms with van der Waals surface area (Å²) in [5.74, 6) is -2.32. The molecular weight excluding hydrogens is 397 g/mol. The molecule has 3 aromatic carbocycles. The predicted molar refractivity (Wildman–Crippen MR) is 114 cm³/mol. The van der Waals surface area contributed by atoms with Crippen LogP contribution in [-0.4, -0.2) is 30.3 Å². The lowest BCUT2D eigenvalue weighted by Crippen LogP contribution is -2.35. The molecule has 6 heteroatoms. The maximum atomic E-state index is 13.0. The van der Waals surface area contributed by atoms with E-state index in [0.717, 1.165) is 22.3 Å². The van der Waals surface area contributed by atoms with Crippen LogP contribution in [0.5, 0.6) is 0 Å². The van der Waals surface area contributed by atoms with Gasteiger partial charge in [-0.1, -0.05) is 60.7 Å². The number of carbonyl (C=O) groups excluding carboxylic acids is 1. The predicted octanol–water partition coefficient (Wildman–Crippen LogP) is 4.61. The molecule has 0 aliphatic heterocycles. The van der Waals surface area contributed by atoms with Crippen LogP contribution in [0.15, 0.2) is 72.8 Å². The fraction of sp³-hybridized carbons (Fsp3) is 0.200. The van der Waals surface area contributed by atoms with Gasteiger partial charge in [-0.15, -0.1) is 0 Å². The van der Waals surface area contributed by atoms with Crippen LogP contribution in [0.3, 0.4) is 0 Å². The van der Waals surface area contributed by atoms with E-state index in [4.69, 9.17) is 4.74 Å². The molecule has 5 nitrogen and oxygen atoms in total. The second-order valence-electron chi connectivity index (χ2n) is 7.57. The average Bonchev–Trinajstić information content (AvgIpc) is 3.10. The Bertz CT molecular complexity index is 1050. The molecule has 4 rings (SSSR count).